The van der Waals surface area contributed by atoms with Gasteiger partial charge in [0.2, 0.25) is 0 Å². The number of benzene rings is 2. The van der Waals surface area contributed by atoms with Gasteiger partial charge in [0.25, 0.3) is 0 Å². The Labute approximate surface area is 130 Å². The van der Waals surface area contributed by atoms with Gasteiger partial charge in [-0.25, -0.2) is 0 Å². The van der Waals surface area contributed by atoms with E-state index in [4.69, 9.17) is 23.2 Å². The Balaban J connectivity index is 2.10. The molecular formula is C17H19Cl2N. The molecule has 1 unspecified atom stereocenters. The summed E-state index contributed by atoms with van der Waals surface area (Å²) < 4.78 is 0. The number of halogens is 2. The van der Waals surface area contributed by atoms with Crippen molar-refractivity contribution < 1.29 is 0 Å². The van der Waals surface area contributed by atoms with Gasteiger partial charge in [-0.15, -0.1) is 0 Å². The normalized spacial score (nSPS) is 12.7. The van der Waals surface area contributed by atoms with E-state index in [0.717, 1.165) is 12.1 Å². The highest BCUT2D eigenvalue weighted by Gasteiger charge is 2.15. The summed E-state index contributed by atoms with van der Waals surface area (Å²) in [6.07, 6.45) is 0. The maximum Gasteiger partial charge on any atom is 0.0465 e. The maximum atomic E-state index is 6.21. The molecule has 0 amide bonds. The molecule has 2 aromatic carbocycles. The van der Waals surface area contributed by atoms with Crippen LogP contribution in [0.5, 0.6) is 0 Å². The topological polar surface area (TPSA) is 12.0 Å². The van der Waals surface area contributed by atoms with Crippen LogP contribution in [0.2, 0.25) is 10.0 Å². The van der Waals surface area contributed by atoms with Crippen LogP contribution in [0.25, 0.3) is 0 Å². The summed E-state index contributed by atoms with van der Waals surface area (Å²) in [5, 5.41) is 4.96. The number of hydrogen-bond acceptors (Lipinski definition) is 1. The molecule has 0 saturated heterocycles. The van der Waals surface area contributed by atoms with Gasteiger partial charge >= 0.3 is 0 Å². The predicted molar refractivity (Wildman–Crippen MR) is 87.3 cm³/mol. The minimum absolute atomic E-state index is 0.308. The smallest absolute Gasteiger partial charge is 0.0465 e. The van der Waals surface area contributed by atoms with E-state index >= 15 is 0 Å². The average molecular weight is 308 g/mol. The number of hydrogen-bond donors (Lipinski definition) is 1. The first-order valence-electron chi connectivity index (χ1n) is 6.80. The molecule has 0 bridgehead atoms. The molecule has 0 aliphatic heterocycles. The van der Waals surface area contributed by atoms with Crippen LogP contribution in [0.1, 0.15) is 31.0 Å². The molecule has 0 spiro atoms. The highest BCUT2D eigenvalue weighted by molar-refractivity contribution is 6.35. The van der Waals surface area contributed by atoms with Crippen molar-refractivity contribution in [3.63, 3.8) is 0 Å². The molecule has 0 aromatic heterocycles. The van der Waals surface area contributed by atoms with Crippen molar-refractivity contribution in [2.75, 3.05) is 0 Å². The molecular weight excluding hydrogens is 289 g/mol. The van der Waals surface area contributed by atoms with Gasteiger partial charge in [0, 0.05) is 22.6 Å². The van der Waals surface area contributed by atoms with E-state index in [9.17, 15) is 0 Å². The third kappa shape index (κ3) is 3.99. The van der Waals surface area contributed by atoms with Crippen LogP contribution in [0.15, 0.2) is 48.5 Å². The molecule has 1 atom stereocenters. The SMILES string of the molecule is CC(C)C(NCc1ccc(Cl)cc1Cl)c1ccccc1. The largest absolute Gasteiger partial charge is 0.306 e. The van der Waals surface area contributed by atoms with Crippen LogP contribution in [0.3, 0.4) is 0 Å². The zero-order valence-corrected chi connectivity index (χ0v) is 13.2. The van der Waals surface area contributed by atoms with Gasteiger partial charge < -0.3 is 5.32 Å². The zero-order valence-electron chi connectivity index (χ0n) is 11.7. The lowest BCUT2D eigenvalue weighted by Crippen LogP contribution is -2.25. The van der Waals surface area contributed by atoms with Crippen molar-refractivity contribution >= 4 is 23.2 Å². The summed E-state index contributed by atoms with van der Waals surface area (Å²) >= 11 is 12.1. The second-order valence-electron chi connectivity index (χ2n) is 5.25. The third-order valence-corrected chi connectivity index (χ3v) is 3.94. The minimum atomic E-state index is 0.308. The lowest BCUT2D eigenvalue weighted by Gasteiger charge is -2.23. The van der Waals surface area contributed by atoms with Crippen molar-refractivity contribution in [2.24, 2.45) is 5.92 Å². The summed E-state index contributed by atoms with van der Waals surface area (Å²) in [6, 6.07) is 16.4. The van der Waals surface area contributed by atoms with Crippen LogP contribution in [-0.2, 0) is 6.54 Å². The fourth-order valence-electron chi connectivity index (χ4n) is 2.28. The van der Waals surface area contributed by atoms with Crippen molar-refractivity contribution in [3.05, 3.63) is 69.7 Å². The quantitative estimate of drug-likeness (QED) is 0.771. The Hall–Kier alpha value is -1.02. The summed E-state index contributed by atoms with van der Waals surface area (Å²) in [4.78, 5) is 0. The van der Waals surface area contributed by atoms with Crippen LogP contribution >= 0.6 is 23.2 Å². The fourth-order valence-corrected chi connectivity index (χ4v) is 2.76. The zero-order chi connectivity index (χ0) is 14.5. The standard InChI is InChI=1S/C17H19Cl2N/c1-12(2)17(13-6-4-3-5-7-13)20-11-14-8-9-15(18)10-16(14)19/h3-10,12,17,20H,11H2,1-2H3. The van der Waals surface area contributed by atoms with Crippen molar-refractivity contribution in [1.29, 1.82) is 0 Å². The van der Waals surface area contributed by atoms with Crippen LogP contribution in [-0.4, -0.2) is 0 Å². The van der Waals surface area contributed by atoms with E-state index in [1.807, 2.05) is 18.2 Å². The lowest BCUT2D eigenvalue weighted by molar-refractivity contribution is 0.410. The second kappa shape index (κ2) is 7.12. The molecule has 1 nitrogen and oxygen atoms in total. The summed E-state index contributed by atoms with van der Waals surface area (Å²) in [6.45, 7) is 5.16. The van der Waals surface area contributed by atoms with Gasteiger partial charge in [0.15, 0.2) is 0 Å². The van der Waals surface area contributed by atoms with Gasteiger partial charge in [0.05, 0.1) is 0 Å². The van der Waals surface area contributed by atoms with Gasteiger partial charge in [-0.2, -0.15) is 0 Å². The molecule has 2 aromatic rings. The lowest BCUT2D eigenvalue weighted by atomic mass is 9.96. The first kappa shape index (κ1) is 15.4. The number of nitrogens with one attached hydrogen (secondary N) is 1. The summed E-state index contributed by atoms with van der Waals surface area (Å²) in [7, 11) is 0. The van der Waals surface area contributed by atoms with Crippen LogP contribution in [0.4, 0.5) is 0 Å². The Morgan fingerprint density at radius 1 is 1.00 bits per heavy atom. The van der Waals surface area contributed by atoms with Gasteiger partial charge in [-0.05, 0) is 29.2 Å². The molecule has 0 fully saturated rings. The molecule has 0 saturated carbocycles. The first-order valence-corrected chi connectivity index (χ1v) is 7.56. The van der Waals surface area contributed by atoms with Crippen LogP contribution in [0, 0.1) is 5.92 Å². The molecule has 106 valence electrons. The van der Waals surface area contributed by atoms with Crippen molar-refractivity contribution in [1.82, 2.24) is 5.32 Å². The predicted octanol–water partition coefficient (Wildman–Crippen LogP) is 5.48. The molecule has 0 aliphatic rings. The molecule has 20 heavy (non-hydrogen) atoms. The molecule has 0 heterocycles. The fraction of sp³-hybridized carbons (Fsp3) is 0.294. The van der Waals surface area contributed by atoms with Gasteiger partial charge in [-0.1, -0.05) is 73.4 Å². The van der Waals surface area contributed by atoms with Gasteiger partial charge in [0.1, 0.15) is 0 Å². The monoisotopic (exact) mass is 307 g/mol. The Bertz CT molecular complexity index is 552. The molecule has 3 heteroatoms. The molecule has 0 aliphatic carbocycles. The Morgan fingerprint density at radius 2 is 1.70 bits per heavy atom. The molecule has 0 radical (unpaired) electrons. The van der Waals surface area contributed by atoms with Crippen molar-refractivity contribution in [3.8, 4) is 0 Å². The molecule has 1 N–H and O–H groups in total. The van der Waals surface area contributed by atoms with E-state index < -0.39 is 0 Å². The maximum absolute atomic E-state index is 6.21. The van der Waals surface area contributed by atoms with E-state index in [2.05, 4.69) is 43.4 Å². The van der Waals surface area contributed by atoms with Crippen molar-refractivity contribution in [2.45, 2.75) is 26.4 Å². The summed E-state index contributed by atoms with van der Waals surface area (Å²) in [5.41, 5.74) is 2.37. The second-order valence-corrected chi connectivity index (χ2v) is 6.09. The minimum Gasteiger partial charge on any atom is -0.306 e. The summed E-state index contributed by atoms with van der Waals surface area (Å²) in [5.74, 6) is 0.503. The van der Waals surface area contributed by atoms with E-state index in [-0.39, 0.29) is 0 Å². The highest BCUT2D eigenvalue weighted by Crippen LogP contribution is 2.24. The van der Waals surface area contributed by atoms with Crippen LogP contribution < -0.4 is 5.32 Å². The Morgan fingerprint density at radius 3 is 2.30 bits per heavy atom. The molecule has 2 rings (SSSR count). The first-order chi connectivity index (χ1) is 9.58. The highest BCUT2D eigenvalue weighted by atomic mass is 35.5. The van der Waals surface area contributed by atoms with Gasteiger partial charge in [-0.3, -0.25) is 0 Å². The average Bonchev–Trinajstić information content (AvgIpc) is 2.42. The van der Waals surface area contributed by atoms with E-state index in [0.29, 0.717) is 22.0 Å². The Kier molecular flexibility index (Phi) is 5.47. The third-order valence-electron chi connectivity index (χ3n) is 3.35. The van der Waals surface area contributed by atoms with E-state index in [1.165, 1.54) is 5.56 Å². The van der Waals surface area contributed by atoms with E-state index in [1.54, 1.807) is 6.07 Å². The number of rotatable bonds is 5.